The van der Waals surface area contributed by atoms with Crippen LogP contribution in [0.5, 0.6) is 0 Å². The highest BCUT2D eigenvalue weighted by molar-refractivity contribution is 7.89. The number of hydrogen-bond acceptors (Lipinski definition) is 6. The number of aromatic nitrogens is 2. The number of nitrogens with one attached hydrogen (secondary N) is 1. The Kier molecular flexibility index (Phi) is 5.43. The van der Waals surface area contributed by atoms with Gasteiger partial charge in [-0.2, -0.15) is 0 Å². The van der Waals surface area contributed by atoms with Crippen molar-refractivity contribution in [2.75, 3.05) is 24.7 Å². The maximum absolute atomic E-state index is 10.9. The molecule has 7 nitrogen and oxygen atoms in total. The second-order valence-electron chi connectivity index (χ2n) is 5.54. The predicted octanol–water partition coefficient (Wildman–Crippen LogP) is 0.621. The largest absolute Gasteiger partial charge is 0.378 e. The average molecular weight is 302 g/mol. The molecule has 1 heterocycles. The van der Waals surface area contributed by atoms with Crippen LogP contribution in [0.4, 0.5) is 5.82 Å². The number of nitrogens with zero attached hydrogens (tertiary/aromatic N) is 2. The Labute approximate surface area is 120 Å². The molecule has 0 unspecified atom stereocenters. The molecule has 0 aliphatic heterocycles. The fourth-order valence-corrected chi connectivity index (χ4v) is 1.85. The van der Waals surface area contributed by atoms with E-state index in [2.05, 4.69) is 15.3 Å². The smallest absolute Gasteiger partial charge is 0.210 e. The van der Waals surface area contributed by atoms with Gasteiger partial charge in [0.25, 0.3) is 0 Å². The van der Waals surface area contributed by atoms with Crippen molar-refractivity contribution < 1.29 is 13.2 Å². The lowest BCUT2D eigenvalue weighted by Crippen LogP contribution is -2.24. The monoisotopic (exact) mass is 302 g/mol. The van der Waals surface area contributed by atoms with Crippen LogP contribution in [0.2, 0.25) is 0 Å². The van der Waals surface area contributed by atoms with Gasteiger partial charge in [-0.15, -0.1) is 0 Å². The zero-order valence-electron chi connectivity index (χ0n) is 12.3. The zero-order valence-corrected chi connectivity index (χ0v) is 13.1. The lowest BCUT2D eigenvalue weighted by atomic mass is 9.95. The number of methoxy groups -OCH3 is 1. The number of hydrogen-bond donors (Lipinski definition) is 2. The van der Waals surface area contributed by atoms with Crippen LogP contribution < -0.4 is 10.5 Å². The van der Waals surface area contributed by atoms with E-state index in [1.54, 1.807) is 13.2 Å². The molecule has 0 aliphatic rings. The van der Waals surface area contributed by atoms with Crippen LogP contribution in [-0.2, 0) is 26.8 Å². The molecule has 8 heteroatoms. The van der Waals surface area contributed by atoms with E-state index < -0.39 is 10.0 Å². The summed E-state index contributed by atoms with van der Waals surface area (Å²) >= 11 is 0. The Hall–Kier alpha value is -1.25. The molecule has 1 rings (SSSR count). The van der Waals surface area contributed by atoms with E-state index in [1.807, 2.05) is 20.8 Å². The minimum atomic E-state index is -3.48. The average Bonchev–Trinajstić information content (AvgIpc) is 2.26. The number of anilines is 1. The summed E-state index contributed by atoms with van der Waals surface area (Å²) in [6, 6.07) is 1.74. The van der Waals surface area contributed by atoms with Crippen molar-refractivity contribution >= 4 is 15.8 Å². The van der Waals surface area contributed by atoms with Crippen LogP contribution in [0.25, 0.3) is 0 Å². The molecule has 0 bridgehead atoms. The van der Waals surface area contributed by atoms with Crippen LogP contribution in [0.3, 0.4) is 0 Å². The molecular weight excluding hydrogens is 280 g/mol. The van der Waals surface area contributed by atoms with E-state index in [4.69, 9.17) is 9.88 Å². The summed E-state index contributed by atoms with van der Waals surface area (Å²) in [5.41, 5.74) is 0.533. The van der Waals surface area contributed by atoms with Crippen molar-refractivity contribution in [3.05, 3.63) is 17.6 Å². The van der Waals surface area contributed by atoms with Gasteiger partial charge in [-0.25, -0.2) is 23.5 Å². The fraction of sp³-hybridized carbons (Fsp3) is 0.667. The van der Waals surface area contributed by atoms with Crippen LogP contribution in [-0.4, -0.2) is 37.8 Å². The molecule has 0 amide bonds. The molecule has 0 saturated heterocycles. The fourth-order valence-electron chi connectivity index (χ4n) is 1.47. The summed E-state index contributed by atoms with van der Waals surface area (Å²) in [5, 5.41) is 7.90. The first-order chi connectivity index (χ1) is 9.12. The van der Waals surface area contributed by atoms with Gasteiger partial charge in [0.1, 0.15) is 11.6 Å². The van der Waals surface area contributed by atoms with Crippen LogP contribution >= 0.6 is 0 Å². The van der Waals surface area contributed by atoms with Gasteiger partial charge in [0, 0.05) is 25.1 Å². The van der Waals surface area contributed by atoms with Gasteiger partial charge < -0.3 is 10.1 Å². The quantitative estimate of drug-likeness (QED) is 0.797. The summed E-state index contributed by atoms with van der Waals surface area (Å²) in [6.45, 7) is 6.59. The van der Waals surface area contributed by atoms with E-state index in [0.29, 0.717) is 18.2 Å². The highest BCUT2D eigenvalue weighted by Gasteiger charge is 2.19. The Morgan fingerprint density at radius 1 is 1.35 bits per heavy atom. The van der Waals surface area contributed by atoms with Gasteiger partial charge in [-0.05, 0) is 0 Å². The highest BCUT2D eigenvalue weighted by Crippen LogP contribution is 2.20. The number of sulfonamides is 1. The van der Waals surface area contributed by atoms with Gasteiger partial charge in [-0.1, -0.05) is 20.8 Å². The third kappa shape index (κ3) is 5.81. The molecular formula is C12H22N4O3S. The minimum Gasteiger partial charge on any atom is -0.378 e. The molecule has 0 aromatic carbocycles. The molecule has 0 spiro atoms. The molecule has 0 saturated carbocycles. The summed E-state index contributed by atoms with van der Waals surface area (Å²) < 4.78 is 26.9. The molecule has 0 fully saturated rings. The first-order valence-electron chi connectivity index (χ1n) is 6.23. The third-order valence-corrected chi connectivity index (χ3v) is 3.21. The Bertz CT molecular complexity index is 552. The number of primary sulfonamides is 1. The van der Waals surface area contributed by atoms with Crippen molar-refractivity contribution in [2.24, 2.45) is 5.14 Å². The molecule has 3 N–H and O–H groups in total. The normalized spacial score (nSPS) is 12.4. The zero-order chi connectivity index (χ0) is 15.4. The lowest BCUT2D eigenvalue weighted by molar-refractivity contribution is 0.181. The number of ether oxygens (including phenoxy) is 1. The highest BCUT2D eigenvalue weighted by atomic mass is 32.2. The molecule has 0 aliphatic carbocycles. The predicted molar refractivity (Wildman–Crippen MR) is 77.9 cm³/mol. The van der Waals surface area contributed by atoms with Gasteiger partial charge >= 0.3 is 0 Å². The first-order valence-corrected chi connectivity index (χ1v) is 7.95. The maximum Gasteiger partial charge on any atom is 0.210 e. The van der Waals surface area contributed by atoms with Crippen molar-refractivity contribution in [3.63, 3.8) is 0 Å². The standard InChI is InChI=1S/C12H22N4O3S/c1-12(2,3)11-15-9(8-19-4)7-10(16-11)14-5-6-20(13,17)18/h7H,5-6,8H2,1-4H3,(H2,13,17,18)(H,14,15,16). The van der Waals surface area contributed by atoms with E-state index in [1.165, 1.54) is 0 Å². The van der Waals surface area contributed by atoms with Crippen molar-refractivity contribution in [1.29, 1.82) is 0 Å². The van der Waals surface area contributed by atoms with Crippen LogP contribution in [0, 0.1) is 0 Å². The van der Waals surface area contributed by atoms with Gasteiger partial charge in [-0.3, -0.25) is 0 Å². The molecule has 1 aromatic rings. The summed E-state index contributed by atoms with van der Waals surface area (Å²) in [6.07, 6.45) is 0. The Morgan fingerprint density at radius 3 is 2.50 bits per heavy atom. The maximum atomic E-state index is 10.9. The van der Waals surface area contributed by atoms with E-state index in [9.17, 15) is 8.42 Å². The van der Waals surface area contributed by atoms with Crippen molar-refractivity contribution in [1.82, 2.24) is 9.97 Å². The van der Waals surface area contributed by atoms with E-state index >= 15 is 0 Å². The molecule has 1 aromatic heterocycles. The van der Waals surface area contributed by atoms with E-state index in [0.717, 1.165) is 5.69 Å². The Balaban J connectivity index is 2.91. The van der Waals surface area contributed by atoms with Crippen LogP contribution in [0.1, 0.15) is 32.3 Å². The van der Waals surface area contributed by atoms with Crippen LogP contribution in [0.15, 0.2) is 6.07 Å². The number of rotatable bonds is 6. The van der Waals surface area contributed by atoms with Gasteiger partial charge in [0.2, 0.25) is 10.0 Å². The first kappa shape index (κ1) is 16.8. The summed E-state index contributed by atoms with van der Waals surface area (Å²) in [7, 11) is -1.89. The SMILES string of the molecule is COCc1cc(NCCS(N)(=O)=O)nc(C(C)(C)C)n1. The summed E-state index contributed by atoms with van der Waals surface area (Å²) in [5.74, 6) is 1.09. The second-order valence-corrected chi connectivity index (χ2v) is 7.28. The second kappa shape index (κ2) is 6.47. The summed E-state index contributed by atoms with van der Waals surface area (Å²) in [4.78, 5) is 8.83. The molecule has 20 heavy (non-hydrogen) atoms. The Morgan fingerprint density at radius 2 is 2.00 bits per heavy atom. The van der Waals surface area contributed by atoms with E-state index in [-0.39, 0.29) is 17.7 Å². The third-order valence-electron chi connectivity index (χ3n) is 2.43. The number of nitrogens with two attached hydrogens (primary N) is 1. The van der Waals surface area contributed by atoms with Gasteiger partial charge in [0.05, 0.1) is 18.1 Å². The lowest BCUT2D eigenvalue weighted by Gasteiger charge is -2.18. The molecule has 0 atom stereocenters. The molecule has 0 radical (unpaired) electrons. The molecule has 114 valence electrons. The van der Waals surface area contributed by atoms with Gasteiger partial charge in [0.15, 0.2) is 0 Å². The van der Waals surface area contributed by atoms with Crippen molar-refractivity contribution in [3.8, 4) is 0 Å². The van der Waals surface area contributed by atoms with Crippen molar-refractivity contribution in [2.45, 2.75) is 32.8 Å². The topological polar surface area (TPSA) is 107 Å². The minimum absolute atomic E-state index is 0.151.